The Bertz CT molecular complexity index is 1240. The van der Waals surface area contributed by atoms with Crippen molar-refractivity contribution in [2.24, 2.45) is 0 Å². The highest BCUT2D eigenvalue weighted by molar-refractivity contribution is 6.06. The number of aromatic nitrogens is 3. The molecule has 0 spiro atoms. The van der Waals surface area contributed by atoms with Crippen molar-refractivity contribution in [2.75, 3.05) is 5.32 Å². The number of carbonyl (C=O) groups excluding carboxylic acids is 2. The molecular formula is C21H17FN4O4. The van der Waals surface area contributed by atoms with Crippen LogP contribution in [0.1, 0.15) is 39.6 Å². The third-order valence-electron chi connectivity index (χ3n) is 4.24. The summed E-state index contributed by atoms with van der Waals surface area (Å²) in [5.41, 5.74) is 0.440. The summed E-state index contributed by atoms with van der Waals surface area (Å²) < 4.78 is 26.1. The van der Waals surface area contributed by atoms with Crippen LogP contribution in [0.3, 0.4) is 0 Å². The van der Waals surface area contributed by atoms with Crippen LogP contribution in [0, 0.1) is 12.7 Å². The number of amides is 1. The van der Waals surface area contributed by atoms with Crippen LogP contribution in [0.25, 0.3) is 11.3 Å². The smallest absolute Gasteiger partial charge is 0.279 e. The van der Waals surface area contributed by atoms with Gasteiger partial charge in [-0.2, -0.15) is 5.10 Å². The quantitative estimate of drug-likeness (QED) is 0.482. The molecule has 1 amide bonds. The lowest BCUT2D eigenvalue weighted by Crippen LogP contribution is -2.14. The summed E-state index contributed by atoms with van der Waals surface area (Å²) >= 11 is 0. The molecule has 0 saturated heterocycles. The fraction of sp³-hybridized carbons (Fsp3) is 0.143. The number of Topliss-reactive ketones (excluding diaryl/α,β-unsaturated/α-hetero) is 1. The minimum atomic E-state index is -0.534. The van der Waals surface area contributed by atoms with Gasteiger partial charge in [0.2, 0.25) is 0 Å². The zero-order valence-corrected chi connectivity index (χ0v) is 16.2. The van der Waals surface area contributed by atoms with E-state index in [9.17, 15) is 14.0 Å². The van der Waals surface area contributed by atoms with E-state index in [2.05, 4.69) is 15.4 Å². The SMILES string of the molecule is CC(=O)c1ccc(Cn2ccc(NC(=O)c3nc(C)oc3-c3cccc(F)c3)n2)o1. The third-order valence-corrected chi connectivity index (χ3v) is 4.24. The first kappa shape index (κ1) is 19.3. The number of hydrogen-bond donors (Lipinski definition) is 1. The van der Waals surface area contributed by atoms with Crippen LogP contribution in [-0.2, 0) is 6.54 Å². The van der Waals surface area contributed by atoms with Gasteiger partial charge in [0.15, 0.2) is 34.7 Å². The molecule has 0 aliphatic rings. The zero-order valence-electron chi connectivity index (χ0n) is 16.2. The van der Waals surface area contributed by atoms with Crippen molar-refractivity contribution >= 4 is 17.5 Å². The van der Waals surface area contributed by atoms with Gasteiger partial charge in [-0.25, -0.2) is 9.37 Å². The van der Waals surface area contributed by atoms with Crippen LogP contribution in [0.2, 0.25) is 0 Å². The molecule has 0 radical (unpaired) electrons. The molecule has 1 N–H and O–H groups in total. The maximum absolute atomic E-state index is 13.6. The first-order valence-electron chi connectivity index (χ1n) is 9.07. The molecule has 8 nitrogen and oxygen atoms in total. The average Bonchev–Trinajstić information content (AvgIpc) is 3.42. The fourth-order valence-corrected chi connectivity index (χ4v) is 2.91. The lowest BCUT2D eigenvalue weighted by atomic mass is 10.1. The van der Waals surface area contributed by atoms with Crippen LogP contribution in [0.15, 0.2) is 57.5 Å². The van der Waals surface area contributed by atoms with Gasteiger partial charge in [-0.05, 0) is 24.3 Å². The summed E-state index contributed by atoms with van der Waals surface area (Å²) in [7, 11) is 0. The summed E-state index contributed by atoms with van der Waals surface area (Å²) in [5, 5.41) is 6.92. The second-order valence-corrected chi connectivity index (χ2v) is 6.60. The molecular weight excluding hydrogens is 391 g/mol. The molecule has 3 heterocycles. The summed E-state index contributed by atoms with van der Waals surface area (Å²) in [6, 6.07) is 10.6. The molecule has 0 unspecified atom stereocenters. The van der Waals surface area contributed by atoms with Gasteiger partial charge < -0.3 is 14.2 Å². The van der Waals surface area contributed by atoms with Crippen LogP contribution < -0.4 is 5.32 Å². The van der Waals surface area contributed by atoms with Crippen molar-refractivity contribution in [3.05, 3.63) is 77.6 Å². The van der Waals surface area contributed by atoms with Gasteiger partial charge in [-0.15, -0.1) is 0 Å². The van der Waals surface area contributed by atoms with Crippen molar-refractivity contribution in [1.29, 1.82) is 0 Å². The fourth-order valence-electron chi connectivity index (χ4n) is 2.91. The van der Waals surface area contributed by atoms with E-state index in [4.69, 9.17) is 8.83 Å². The summed E-state index contributed by atoms with van der Waals surface area (Å²) in [5.74, 6) is 0.445. The minimum Gasteiger partial charge on any atom is -0.456 e. The standard InChI is InChI=1S/C21H17FN4O4/c1-12(27)17-7-6-16(30-17)11-26-9-8-18(25-26)24-21(28)19-20(29-13(2)23-19)14-4-3-5-15(22)10-14/h3-10H,11H2,1-2H3,(H,24,25,28). The molecule has 4 rings (SSSR count). The van der Waals surface area contributed by atoms with Crippen LogP contribution in [0.4, 0.5) is 10.2 Å². The van der Waals surface area contributed by atoms with Gasteiger partial charge in [0, 0.05) is 31.7 Å². The van der Waals surface area contributed by atoms with E-state index in [0.29, 0.717) is 23.7 Å². The van der Waals surface area contributed by atoms with E-state index >= 15 is 0 Å². The van der Waals surface area contributed by atoms with E-state index in [1.54, 1.807) is 42.1 Å². The number of carbonyl (C=O) groups is 2. The lowest BCUT2D eigenvalue weighted by molar-refractivity contribution is 0.0983. The first-order valence-corrected chi connectivity index (χ1v) is 9.07. The Hall–Kier alpha value is -4.01. The van der Waals surface area contributed by atoms with E-state index < -0.39 is 11.7 Å². The van der Waals surface area contributed by atoms with Crippen molar-refractivity contribution in [3.63, 3.8) is 0 Å². The molecule has 0 atom stereocenters. The lowest BCUT2D eigenvalue weighted by Gasteiger charge is -2.02. The second kappa shape index (κ2) is 7.78. The summed E-state index contributed by atoms with van der Waals surface area (Å²) in [6.07, 6.45) is 1.66. The summed E-state index contributed by atoms with van der Waals surface area (Å²) in [4.78, 5) is 28.2. The molecule has 0 aliphatic carbocycles. The average molecular weight is 408 g/mol. The summed E-state index contributed by atoms with van der Waals surface area (Å²) in [6.45, 7) is 3.32. The molecule has 0 fully saturated rings. The number of aryl methyl sites for hydroxylation is 1. The van der Waals surface area contributed by atoms with E-state index in [1.807, 2.05) is 0 Å². The van der Waals surface area contributed by atoms with Gasteiger partial charge >= 0.3 is 0 Å². The molecule has 9 heteroatoms. The number of oxazole rings is 1. The van der Waals surface area contributed by atoms with Gasteiger partial charge in [0.05, 0.1) is 6.54 Å². The number of hydrogen-bond acceptors (Lipinski definition) is 6. The molecule has 0 aliphatic heterocycles. The van der Waals surface area contributed by atoms with Crippen LogP contribution >= 0.6 is 0 Å². The van der Waals surface area contributed by atoms with Gasteiger partial charge in [-0.3, -0.25) is 14.3 Å². The Kier molecular flexibility index (Phi) is 5.01. The number of nitrogens with one attached hydrogen (secondary N) is 1. The monoisotopic (exact) mass is 408 g/mol. The van der Waals surface area contributed by atoms with Crippen molar-refractivity contribution in [3.8, 4) is 11.3 Å². The number of ketones is 1. The molecule has 1 aromatic carbocycles. The number of furan rings is 1. The minimum absolute atomic E-state index is 0.0322. The number of nitrogens with zero attached hydrogens (tertiary/aromatic N) is 3. The molecule has 4 aromatic rings. The number of benzene rings is 1. The predicted molar refractivity (Wildman–Crippen MR) is 105 cm³/mol. The van der Waals surface area contributed by atoms with Gasteiger partial charge in [0.25, 0.3) is 5.91 Å². The highest BCUT2D eigenvalue weighted by Crippen LogP contribution is 2.26. The largest absolute Gasteiger partial charge is 0.456 e. The Labute approximate surface area is 170 Å². The maximum atomic E-state index is 13.6. The molecule has 0 bridgehead atoms. The Morgan fingerprint density at radius 2 is 2.00 bits per heavy atom. The maximum Gasteiger partial charge on any atom is 0.279 e. The molecule has 3 aromatic heterocycles. The molecule has 0 saturated carbocycles. The zero-order chi connectivity index (χ0) is 21.3. The van der Waals surface area contributed by atoms with E-state index in [1.165, 1.54) is 25.1 Å². The highest BCUT2D eigenvalue weighted by atomic mass is 19.1. The number of halogens is 1. The Morgan fingerprint density at radius 3 is 2.73 bits per heavy atom. The number of anilines is 1. The highest BCUT2D eigenvalue weighted by Gasteiger charge is 2.21. The Balaban J connectivity index is 1.50. The predicted octanol–water partition coefficient (Wildman–Crippen LogP) is 4.08. The molecule has 152 valence electrons. The van der Waals surface area contributed by atoms with Gasteiger partial charge in [0.1, 0.15) is 11.6 Å². The van der Waals surface area contributed by atoms with E-state index in [-0.39, 0.29) is 28.9 Å². The van der Waals surface area contributed by atoms with Crippen LogP contribution in [-0.4, -0.2) is 26.5 Å². The van der Waals surface area contributed by atoms with Gasteiger partial charge in [-0.1, -0.05) is 12.1 Å². The number of rotatable bonds is 6. The Morgan fingerprint density at radius 1 is 1.17 bits per heavy atom. The van der Waals surface area contributed by atoms with Crippen molar-refractivity contribution in [2.45, 2.75) is 20.4 Å². The van der Waals surface area contributed by atoms with Crippen molar-refractivity contribution < 1.29 is 22.8 Å². The third kappa shape index (κ3) is 4.04. The first-order chi connectivity index (χ1) is 14.4. The second-order valence-electron chi connectivity index (χ2n) is 6.60. The molecule has 30 heavy (non-hydrogen) atoms. The van der Waals surface area contributed by atoms with Crippen molar-refractivity contribution in [1.82, 2.24) is 14.8 Å². The normalized spacial score (nSPS) is 10.9. The van der Waals surface area contributed by atoms with Crippen LogP contribution in [0.5, 0.6) is 0 Å². The van der Waals surface area contributed by atoms with E-state index in [0.717, 1.165) is 0 Å². The topological polar surface area (TPSA) is 103 Å².